The van der Waals surface area contributed by atoms with Gasteiger partial charge in [0.1, 0.15) is 5.82 Å². The Balaban J connectivity index is 1.85. The average Bonchev–Trinajstić information content (AvgIpc) is 2.84. The number of hydrogen-bond acceptors (Lipinski definition) is 2. The molecule has 0 aliphatic rings. The van der Waals surface area contributed by atoms with E-state index in [9.17, 15) is 9.18 Å². The van der Waals surface area contributed by atoms with Crippen LogP contribution in [0.2, 0.25) is 4.34 Å². The smallest absolute Gasteiger partial charge is 0.315 e. The fourth-order valence-corrected chi connectivity index (χ4v) is 2.76. The van der Waals surface area contributed by atoms with Gasteiger partial charge in [-0.05, 0) is 25.1 Å². The third kappa shape index (κ3) is 3.95. The Labute approximate surface area is 125 Å². The number of amides is 2. The predicted octanol–water partition coefficient (Wildman–Crippen LogP) is 4.10. The SMILES string of the molecule is C[C@H](NC(=O)NCc1ccccc1F)c1ccc(Cl)s1. The van der Waals surface area contributed by atoms with E-state index in [1.807, 2.05) is 13.0 Å². The van der Waals surface area contributed by atoms with Crippen LogP contribution in [0.1, 0.15) is 23.4 Å². The quantitative estimate of drug-likeness (QED) is 0.876. The highest BCUT2D eigenvalue weighted by Gasteiger charge is 2.11. The minimum atomic E-state index is -0.342. The predicted molar refractivity (Wildman–Crippen MR) is 79.5 cm³/mol. The van der Waals surface area contributed by atoms with Crippen LogP contribution in [0.25, 0.3) is 0 Å². The first kappa shape index (κ1) is 14.8. The molecule has 20 heavy (non-hydrogen) atoms. The van der Waals surface area contributed by atoms with Crippen LogP contribution >= 0.6 is 22.9 Å². The maximum atomic E-state index is 13.4. The number of carbonyl (C=O) groups is 1. The molecule has 106 valence electrons. The van der Waals surface area contributed by atoms with Crippen molar-refractivity contribution >= 4 is 29.0 Å². The van der Waals surface area contributed by atoms with Gasteiger partial charge < -0.3 is 10.6 Å². The number of benzene rings is 1. The van der Waals surface area contributed by atoms with Crippen molar-refractivity contribution in [3.05, 3.63) is 57.0 Å². The zero-order chi connectivity index (χ0) is 14.5. The second kappa shape index (κ2) is 6.72. The number of rotatable bonds is 4. The van der Waals surface area contributed by atoms with Crippen LogP contribution in [0.5, 0.6) is 0 Å². The van der Waals surface area contributed by atoms with E-state index >= 15 is 0 Å². The molecule has 1 aromatic heterocycles. The van der Waals surface area contributed by atoms with Crippen molar-refractivity contribution < 1.29 is 9.18 Å². The molecule has 0 aliphatic heterocycles. The number of halogens is 2. The van der Waals surface area contributed by atoms with Crippen LogP contribution in [0.15, 0.2) is 36.4 Å². The highest BCUT2D eigenvalue weighted by Crippen LogP contribution is 2.26. The fourth-order valence-electron chi connectivity index (χ4n) is 1.70. The average molecular weight is 313 g/mol. The minimum absolute atomic E-state index is 0.145. The van der Waals surface area contributed by atoms with Crippen LogP contribution in [0.3, 0.4) is 0 Å². The minimum Gasteiger partial charge on any atom is -0.334 e. The number of thiophene rings is 1. The molecule has 0 fully saturated rings. The van der Waals surface area contributed by atoms with Crippen molar-refractivity contribution in [1.82, 2.24) is 10.6 Å². The summed E-state index contributed by atoms with van der Waals surface area (Å²) in [4.78, 5) is 12.7. The summed E-state index contributed by atoms with van der Waals surface area (Å²) < 4.78 is 14.1. The Hall–Kier alpha value is -1.59. The standard InChI is InChI=1S/C14H14ClFN2OS/c1-9(12-6-7-13(15)20-12)18-14(19)17-8-10-4-2-3-5-11(10)16/h2-7,9H,8H2,1H3,(H2,17,18,19)/t9-/m0/s1. The molecule has 0 saturated heterocycles. The van der Waals surface area contributed by atoms with E-state index < -0.39 is 0 Å². The molecule has 1 atom stereocenters. The van der Waals surface area contributed by atoms with Crippen LogP contribution in [0.4, 0.5) is 9.18 Å². The summed E-state index contributed by atoms with van der Waals surface area (Å²) in [6.07, 6.45) is 0. The van der Waals surface area contributed by atoms with Gasteiger partial charge in [0.25, 0.3) is 0 Å². The third-order valence-electron chi connectivity index (χ3n) is 2.77. The lowest BCUT2D eigenvalue weighted by molar-refractivity contribution is 0.237. The second-order valence-corrected chi connectivity index (χ2v) is 6.03. The Bertz CT molecular complexity index is 602. The Morgan fingerprint density at radius 1 is 1.35 bits per heavy atom. The highest BCUT2D eigenvalue weighted by molar-refractivity contribution is 7.16. The molecule has 0 saturated carbocycles. The first-order chi connectivity index (χ1) is 9.56. The lowest BCUT2D eigenvalue weighted by atomic mass is 10.2. The molecule has 0 unspecified atom stereocenters. The van der Waals surface area contributed by atoms with E-state index in [0.29, 0.717) is 9.90 Å². The van der Waals surface area contributed by atoms with Gasteiger partial charge in [-0.15, -0.1) is 11.3 Å². The Morgan fingerprint density at radius 2 is 2.10 bits per heavy atom. The molecular weight excluding hydrogens is 299 g/mol. The molecule has 1 aromatic carbocycles. The van der Waals surface area contributed by atoms with Gasteiger partial charge in [-0.1, -0.05) is 29.8 Å². The van der Waals surface area contributed by atoms with E-state index in [1.165, 1.54) is 17.4 Å². The second-order valence-electron chi connectivity index (χ2n) is 4.28. The maximum absolute atomic E-state index is 13.4. The first-order valence-corrected chi connectivity index (χ1v) is 7.28. The van der Waals surface area contributed by atoms with Crippen molar-refractivity contribution in [2.24, 2.45) is 0 Å². The first-order valence-electron chi connectivity index (χ1n) is 6.09. The van der Waals surface area contributed by atoms with E-state index in [-0.39, 0.29) is 24.4 Å². The highest BCUT2D eigenvalue weighted by atomic mass is 35.5. The van der Waals surface area contributed by atoms with Gasteiger partial charge >= 0.3 is 6.03 Å². The molecule has 0 spiro atoms. The van der Waals surface area contributed by atoms with Gasteiger partial charge in [-0.2, -0.15) is 0 Å². The number of nitrogens with one attached hydrogen (secondary N) is 2. The molecule has 3 nitrogen and oxygen atoms in total. The summed E-state index contributed by atoms with van der Waals surface area (Å²) in [7, 11) is 0. The normalized spacial score (nSPS) is 11.9. The van der Waals surface area contributed by atoms with Crippen molar-refractivity contribution in [1.29, 1.82) is 0 Å². The van der Waals surface area contributed by atoms with Crippen molar-refractivity contribution in [2.75, 3.05) is 0 Å². The summed E-state index contributed by atoms with van der Waals surface area (Å²) in [5, 5.41) is 5.41. The zero-order valence-corrected chi connectivity index (χ0v) is 12.4. The molecule has 2 amide bonds. The summed E-state index contributed by atoms with van der Waals surface area (Å²) >= 11 is 7.27. The van der Waals surface area contributed by atoms with Gasteiger partial charge in [-0.3, -0.25) is 0 Å². The Morgan fingerprint density at radius 3 is 2.75 bits per heavy atom. The third-order valence-corrected chi connectivity index (χ3v) is 4.18. The van der Waals surface area contributed by atoms with Gasteiger partial charge in [0, 0.05) is 17.0 Å². The number of hydrogen-bond donors (Lipinski definition) is 2. The topological polar surface area (TPSA) is 41.1 Å². The molecular formula is C14H14ClFN2OS. The van der Waals surface area contributed by atoms with E-state index in [2.05, 4.69) is 10.6 Å². The molecule has 0 aliphatic carbocycles. The fraction of sp³-hybridized carbons (Fsp3) is 0.214. The molecule has 2 aromatic rings. The van der Waals surface area contributed by atoms with E-state index in [0.717, 1.165) is 4.88 Å². The summed E-state index contributed by atoms with van der Waals surface area (Å²) in [5.74, 6) is -0.328. The van der Waals surface area contributed by atoms with E-state index in [4.69, 9.17) is 11.6 Å². The van der Waals surface area contributed by atoms with Gasteiger partial charge in [0.05, 0.1) is 10.4 Å². The van der Waals surface area contributed by atoms with Crippen molar-refractivity contribution in [3.63, 3.8) is 0 Å². The number of urea groups is 1. The van der Waals surface area contributed by atoms with Gasteiger partial charge in [-0.25, -0.2) is 9.18 Å². The van der Waals surface area contributed by atoms with E-state index in [1.54, 1.807) is 24.3 Å². The Kier molecular flexibility index (Phi) is 4.98. The van der Waals surface area contributed by atoms with Crippen LogP contribution in [-0.2, 0) is 6.54 Å². The van der Waals surface area contributed by atoms with Crippen LogP contribution in [0, 0.1) is 5.82 Å². The van der Waals surface area contributed by atoms with Crippen molar-refractivity contribution in [3.8, 4) is 0 Å². The van der Waals surface area contributed by atoms with Gasteiger partial charge in [0.15, 0.2) is 0 Å². The van der Waals surface area contributed by atoms with Crippen molar-refractivity contribution in [2.45, 2.75) is 19.5 Å². The zero-order valence-electron chi connectivity index (χ0n) is 10.8. The molecule has 0 radical (unpaired) electrons. The molecule has 2 N–H and O–H groups in total. The molecule has 1 heterocycles. The van der Waals surface area contributed by atoms with Gasteiger partial charge in [0.2, 0.25) is 0 Å². The summed E-state index contributed by atoms with van der Waals surface area (Å²) in [5.41, 5.74) is 0.453. The molecule has 0 bridgehead atoms. The van der Waals surface area contributed by atoms with Crippen LogP contribution in [-0.4, -0.2) is 6.03 Å². The number of carbonyl (C=O) groups excluding carboxylic acids is 1. The monoisotopic (exact) mass is 312 g/mol. The largest absolute Gasteiger partial charge is 0.334 e. The summed E-state index contributed by atoms with van der Waals surface area (Å²) in [6.45, 7) is 2.02. The molecule has 6 heteroatoms. The molecule has 2 rings (SSSR count). The lowest BCUT2D eigenvalue weighted by Gasteiger charge is -2.13. The van der Waals surface area contributed by atoms with Crippen LogP contribution < -0.4 is 10.6 Å². The maximum Gasteiger partial charge on any atom is 0.315 e. The summed E-state index contributed by atoms with van der Waals surface area (Å²) in [6, 6.07) is 9.52. The lowest BCUT2D eigenvalue weighted by Crippen LogP contribution is -2.36.